The zero-order valence-electron chi connectivity index (χ0n) is 10.7. The maximum atomic E-state index is 4.35. The van der Waals surface area contributed by atoms with E-state index >= 15 is 0 Å². The Labute approximate surface area is 105 Å². The average molecular weight is 223 g/mol. The molecule has 1 heterocycles. The third kappa shape index (κ3) is 2.08. The summed E-state index contributed by atoms with van der Waals surface area (Å²) >= 11 is 0. The van der Waals surface area contributed by atoms with Crippen LogP contribution in [0.3, 0.4) is 0 Å². The lowest BCUT2D eigenvalue weighted by molar-refractivity contribution is 0.486. The molecule has 1 aliphatic heterocycles. The zero-order chi connectivity index (χ0) is 11.8. The van der Waals surface area contributed by atoms with Gasteiger partial charge in [0.25, 0.3) is 0 Å². The highest BCUT2D eigenvalue weighted by atomic mass is 14.4. The Kier molecular flexibility index (Phi) is 2.86. The van der Waals surface area contributed by atoms with Crippen LogP contribution in [0.25, 0.3) is 5.57 Å². The summed E-state index contributed by atoms with van der Waals surface area (Å²) in [5.74, 6) is 2.66. The fourth-order valence-corrected chi connectivity index (χ4v) is 3.60. The standard InChI is InChI=1S/C16H20B/c1-11-3-5-13(6-4-11)12(2)14-7-15-9-17-10-16(15)8-14/h3-6,14-16H,2,7-10H2,1H3. The van der Waals surface area contributed by atoms with Crippen LogP contribution in [0.1, 0.15) is 24.0 Å². The molecule has 1 aromatic rings. The van der Waals surface area contributed by atoms with Gasteiger partial charge in [0.2, 0.25) is 0 Å². The SMILES string of the molecule is C=C(c1ccc(C)cc1)C1CC2C[B]CC2C1. The molecule has 2 fully saturated rings. The number of aryl methyl sites for hydroxylation is 1. The van der Waals surface area contributed by atoms with Crippen LogP contribution >= 0.6 is 0 Å². The quantitative estimate of drug-likeness (QED) is 0.659. The predicted molar refractivity (Wildman–Crippen MR) is 75.3 cm³/mol. The Hall–Kier alpha value is -0.975. The second-order valence-electron chi connectivity index (χ2n) is 5.84. The number of fused-ring (bicyclic) bond motifs is 1. The molecule has 0 nitrogen and oxygen atoms in total. The molecule has 1 saturated heterocycles. The predicted octanol–water partition coefficient (Wildman–Crippen LogP) is 4.21. The largest absolute Gasteiger partial charge is 0.110 e. The molecule has 1 heteroatoms. The van der Waals surface area contributed by atoms with Crippen molar-refractivity contribution in [2.45, 2.75) is 32.4 Å². The summed E-state index contributed by atoms with van der Waals surface area (Å²) < 4.78 is 0. The summed E-state index contributed by atoms with van der Waals surface area (Å²) in [4.78, 5) is 0. The summed E-state index contributed by atoms with van der Waals surface area (Å²) in [5.41, 5.74) is 4.06. The maximum Gasteiger partial charge on any atom is 0.110 e. The Bertz CT molecular complexity index is 406. The van der Waals surface area contributed by atoms with Gasteiger partial charge in [-0.15, -0.1) is 0 Å². The van der Waals surface area contributed by atoms with E-state index in [1.807, 2.05) is 0 Å². The third-order valence-electron chi connectivity index (χ3n) is 4.70. The lowest BCUT2D eigenvalue weighted by Gasteiger charge is -2.15. The molecule has 1 aliphatic carbocycles. The molecule has 3 rings (SSSR count). The van der Waals surface area contributed by atoms with Gasteiger partial charge < -0.3 is 0 Å². The van der Waals surface area contributed by atoms with E-state index in [0.717, 1.165) is 17.8 Å². The lowest BCUT2D eigenvalue weighted by atomic mass is 9.73. The van der Waals surface area contributed by atoms with Crippen LogP contribution in [0.4, 0.5) is 0 Å². The van der Waals surface area contributed by atoms with Gasteiger partial charge >= 0.3 is 0 Å². The first-order valence-corrected chi connectivity index (χ1v) is 6.81. The van der Waals surface area contributed by atoms with E-state index in [2.05, 4.69) is 45.0 Å². The molecule has 0 N–H and O–H groups in total. The molecular formula is C16H20B. The summed E-state index contributed by atoms with van der Waals surface area (Å²) in [7, 11) is 2.49. The summed E-state index contributed by atoms with van der Waals surface area (Å²) in [6.07, 6.45) is 5.44. The van der Waals surface area contributed by atoms with E-state index in [1.54, 1.807) is 0 Å². The molecule has 2 atom stereocenters. The van der Waals surface area contributed by atoms with Gasteiger partial charge in [-0.1, -0.05) is 49.0 Å². The first-order valence-electron chi connectivity index (χ1n) is 6.81. The minimum Gasteiger partial charge on any atom is -0.0950 e. The van der Waals surface area contributed by atoms with E-state index in [9.17, 15) is 0 Å². The number of benzene rings is 1. The van der Waals surface area contributed by atoms with E-state index in [0.29, 0.717) is 0 Å². The Morgan fingerprint density at radius 2 is 1.71 bits per heavy atom. The van der Waals surface area contributed by atoms with Gasteiger partial charge in [0.15, 0.2) is 0 Å². The van der Waals surface area contributed by atoms with Crippen molar-refractivity contribution in [2.75, 3.05) is 0 Å². The molecule has 0 amide bonds. The highest BCUT2D eigenvalue weighted by molar-refractivity contribution is 6.36. The van der Waals surface area contributed by atoms with Crippen LogP contribution in [0, 0.1) is 24.7 Å². The van der Waals surface area contributed by atoms with Gasteiger partial charge in [-0.2, -0.15) is 0 Å². The minimum absolute atomic E-state index is 0.737. The smallest absolute Gasteiger partial charge is 0.0950 e. The van der Waals surface area contributed by atoms with Crippen molar-refractivity contribution in [3.63, 3.8) is 0 Å². The fraction of sp³-hybridized carbons (Fsp3) is 0.500. The Morgan fingerprint density at radius 3 is 2.29 bits per heavy atom. The maximum absolute atomic E-state index is 4.35. The zero-order valence-corrected chi connectivity index (χ0v) is 10.7. The minimum atomic E-state index is 0.737. The van der Waals surface area contributed by atoms with Crippen LogP contribution in [0.15, 0.2) is 30.8 Å². The molecular weight excluding hydrogens is 203 g/mol. The van der Waals surface area contributed by atoms with E-state index < -0.39 is 0 Å². The van der Waals surface area contributed by atoms with Crippen LogP contribution in [0.2, 0.25) is 12.6 Å². The summed E-state index contributed by atoms with van der Waals surface area (Å²) in [6.45, 7) is 6.49. The normalized spacial score (nSPS) is 31.0. The van der Waals surface area contributed by atoms with Gasteiger partial charge in [0.05, 0.1) is 0 Å². The summed E-state index contributed by atoms with van der Waals surface area (Å²) in [6, 6.07) is 8.87. The second kappa shape index (κ2) is 4.36. The number of allylic oxidation sites excluding steroid dienone is 1. The monoisotopic (exact) mass is 223 g/mol. The first-order chi connectivity index (χ1) is 8.24. The van der Waals surface area contributed by atoms with Crippen LogP contribution in [-0.4, -0.2) is 7.28 Å². The van der Waals surface area contributed by atoms with Gasteiger partial charge in [-0.3, -0.25) is 0 Å². The van der Waals surface area contributed by atoms with Crippen molar-refractivity contribution in [3.05, 3.63) is 42.0 Å². The van der Waals surface area contributed by atoms with Crippen molar-refractivity contribution in [2.24, 2.45) is 17.8 Å². The van der Waals surface area contributed by atoms with E-state index in [4.69, 9.17) is 0 Å². The topological polar surface area (TPSA) is 0 Å². The van der Waals surface area contributed by atoms with Gasteiger partial charge in [0, 0.05) is 0 Å². The highest BCUT2D eigenvalue weighted by Gasteiger charge is 2.38. The molecule has 1 radical (unpaired) electrons. The van der Waals surface area contributed by atoms with Crippen LogP contribution in [0.5, 0.6) is 0 Å². The molecule has 1 aromatic carbocycles. The molecule has 0 spiro atoms. The summed E-state index contributed by atoms with van der Waals surface area (Å²) in [5, 5.41) is 0. The molecule has 87 valence electrons. The molecule has 2 unspecified atom stereocenters. The number of hydrogen-bond acceptors (Lipinski definition) is 0. The molecule has 0 bridgehead atoms. The number of rotatable bonds is 2. The second-order valence-corrected chi connectivity index (χ2v) is 5.84. The molecule has 0 aromatic heterocycles. The Balaban J connectivity index is 1.73. The van der Waals surface area contributed by atoms with E-state index in [-0.39, 0.29) is 0 Å². The lowest BCUT2D eigenvalue weighted by Crippen LogP contribution is -2.00. The van der Waals surface area contributed by atoms with Crippen molar-refractivity contribution >= 4 is 12.9 Å². The van der Waals surface area contributed by atoms with Gasteiger partial charge in [-0.25, -0.2) is 0 Å². The molecule has 1 saturated carbocycles. The first kappa shape index (κ1) is 11.1. The molecule has 2 aliphatic rings. The van der Waals surface area contributed by atoms with Gasteiger partial charge in [0.1, 0.15) is 7.28 Å². The fourth-order valence-electron chi connectivity index (χ4n) is 3.60. The Morgan fingerprint density at radius 1 is 1.12 bits per heavy atom. The molecule has 17 heavy (non-hydrogen) atoms. The average Bonchev–Trinajstić information content (AvgIpc) is 2.89. The van der Waals surface area contributed by atoms with Gasteiger partial charge in [-0.05, 0) is 48.7 Å². The van der Waals surface area contributed by atoms with Crippen molar-refractivity contribution in [3.8, 4) is 0 Å². The van der Waals surface area contributed by atoms with Crippen LogP contribution in [-0.2, 0) is 0 Å². The third-order valence-corrected chi connectivity index (χ3v) is 4.70. The van der Waals surface area contributed by atoms with Crippen LogP contribution < -0.4 is 0 Å². The van der Waals surface area contributed by atoms with E-state index in [1.165, 1.54) is 42.2 Å². The van der Waals surface area contributed by atoms with Crippen molar-refractivity contribution < 1.29 is 0 Å². The number of hydrogen-bond donors (Lipinski definition) is 0. The van der Waals surface area contributed by atoms with Crippen molar-refractivity contribution in [1.29, 1.82) is 0 Å². The highest BCUT2D eigenvalue weighted by Crippen LogP contribution is 2.49. The van der Waals surface area contributed by atoms with Crippen molar-refractivity contribution in [1.82, 2.24) is 0 Å².